The number of hydrogen-bond donors (Lipinski definition) is 2. The summed E-state index contributed by atoms with van der Waals surface area (Å²) in [6.07, 6.45) is 0.0216. The van der Waals surface area contributed by atoms with Gasteiger partial charge in [0.15, 0.2) is 5.75 Å². The van der Waals surface area contributed by atoms with E-state index in [1.165, 1.54) is 4.57 Å². The molecule has 1 atom stereocenters. The van der Waals surface area contributed by atoms with Crippen molar-refractivity contribution in [3.63, 3.8) is 0 Å². The number of halogens is 1. The van der Waals surface area contributed by atoms with Crippen LogP contribution in [0.1, 0.15) is 12.5 Å². The highest BCUT2D eigenvalue weighted by atomic mass is 79.9. The third-order valence-electron chi connectivity index (χ3n) is 4.19. The molecule has 27 heavy (non-hydrogen) atoms. The van der Waals surface area contributed by atoms with Crippen LogP contribution in [0.4, 0.5) is 0 Å². The molecule has 1 aromatic heterocycles. The first-order chi connectivity index (χ1) is 13.0. The Labute approximate surface area is 165 Å². The number of rotatable bonds is 4. The van der Waals surface area contributed by atoms with Gasteiger partial charge < -0.3 is 9.82 Å². The average molecular weight is 448 g/mol. The van der Waals surface area contributed by atoms with Crippen molar-refractivity contribution in [1.29, 1.82) is 0 Å². The summed E-state index contributed by atoms with van der Waals surface area (Å²) in [4.78, 5) is 45.6. The first-order valence-corrected chi connectivity index (χ1v) is 9.92. The van der Waals surface area contributed by atoms with Crippen LogP contribution in [0.15, 0.2) is 61.4 Å². The lowest BCUT2D eigenvalue weighted by Crippen LogP contribution is -2.42. The molecule has 2 aromatic carbocycles. The van der Waals surface area contributed by atoms with E-state index in [2.05, 4.69) is 26.4 Å². The van der Waals surface area contributed by atoms with E-state index in [1.807, 2.05) is 12.1 Å². The van der Waals surface area contributed by atoms with Crippen molar-refractivity contribution in [2.75, 3.05) is 5.75 Å². The predicted octanol–water partition coefficient (Wildman–Crippen LogP) is 2.60. The largest absolute Gasteiger partial charge is 0.380 e. The molecule has 138 valence electrons. The summed E-state index contributed by atoms with van der Waals surface area (Å²) in [6.45, 7) is 0. The van der Waals surface area contributed by atoms with Crippen LogP contribution in [-0.4, -0.2) is 21.2 Å². The second-order valence-corrected chi connectivity index (χ2v) is 8.02. The van der Waals surface area contributed by atoms with Crippen molar-refractivity contribution >= 4 is 44.6 Å². The van der Waals surface area contributed by atoms with E-state index in [0.29, 0.717) is 22.5 Å². The smallest absolute Gasteiger partial charge is 0.317 e. The molecule has 0 fully saturated rings. The molecular weight excluding hydrogens is 434 g/mol. The van der Waals surface area contributed by atoms with Gasteiger partial charge in [-0.05, 0) is 24.3 Å². The molecule has 1 aliphatic rings. The van der Waals surface area contributed by atoms with E-state index in [-0.39, 0.29) is 12.3 Å². The number of thioether (sulfide) groups is 1. The van der Waals surface area contributed by atoms with Gasteiger partial charge in [-0.15, -0.1) is 11.8 Å². The van der Waals surface area contributed by atoms with E-state index in [0.717, 1.165) is 9.37 Å². The standard InChI is InChI=1S/C18H14BrN3O4S/c19-10-6-13-16-14(7-10)27-9-11(22(16)18(25)17(24)20-13)8-15(23)21-26-12-4-2-1-3-5-12/h1-7,11H,8-9H2,(H,20,24)(H,21,23). The minimum Gasteiger partial charge on any atom is -0.380 e. The topological polar surface area (TPSA) is 93.2 Å². The van der Waals surface area contributed by atoms with Crippen LogP contribution in [0.2, 0.25) is 0 Å². The number of hydroxylamine groups is 1. The number of nitrogens with one attached hydrogen (secondary N) is 2. The summed E-state index contributed by atoms with van der Waals surface area (Å²) in [6, 6.07) is 12.1. The maximum absolute atomic E-state index is 12.5. The monoisotopic (exact) mass is 447 g/mol. The average Bonchev–Trinajstić information content (AvgIpc) is 2.66. The first-order valence-electron chi connectivity index (χ1n) is 8.14. The number of aromatic nitrogens is 2. The summed E-state index contributed by atoms with van der Waals surface area (Å²) >= 11 is 4.95. The highest BCUT2D eigenvalue weighted by Crippen LogP contribution is 2.37. The van der Waals surface area contributed by atoms with Gasteiger partial charge in [-0.25, -0.2) is 0 Å². The third kappa shape index (κ3) is 3.52. The number of benzene rings is 2. The molecule has 0 spiro atoms. The summed E-state index contributed by atoms with van der Waals surface area (Å²) < 4.78 is 2.24. The highest BCUT2D eigenvalue weighted by molar-refractivity contribution is 9.10. The van der Waals surface area contributed by atoms with Crippen LogP contribution in [-0.2, 0) is 4.79 Å². The molecule has 1 unspecified atom stereocenters. The molecule has 1 amide bonds. The summed E-state index contributed by atoms with van der Waals surface area (Å²) in [5.74, 6) is 0.640. The summed E-state index contributed by atoms with van der Waals surface area (Å²) in [5, 5.41) is 0. The number of amides is 1. The Morgan fingerprint density at radius 3 is 2.85 bits per heavy atom. The number of carbonyl (C=O) groups is 1. The Morgan fingerprint density at radius 2 is 2.07 bits per heavy atom. The van der Waals surface area contributed by atoms with Gasteiger partial charge in [-0.1, -0.05) is 34.1 Å². The van der Waals surface area contributed by atoms with Gasteiger partial charge in [0.1, 0.15) is 0 Å². The van der Waals surface area contributed by atoms with Gasteiger partial charge in [-0.2, -0.15) is 5.48 Å². The zero-order valence-electron chi connectivity index (χ0n) is 13.9. The lowest BCUT2D eigenvalue weighted by Gasteiger charge is -2.26. The molecular formula is C18H14BrN3O4S. The fourth-order valence-electron chi connectivity index (χ4n) is 3.03. The molecule has 1 aliphatic heterocycles. The molecule has 0 radical (unpaired) electrons. The Bertz CT molecular complexity index is 1140. The van der Waals surface area contributed by atoms with Gasteiger partial charge in [-0.3, -0.25) is 19.0 Å². The lowest BCUT2D eigenvalue weighted by atomic mass is 10.2. The molecule has 0 aliphatic carbocycles. The minimum atomic E-state index is -0.704. The normalized spacial score (nSPS) is 15.5. The Morgan fingerprint density at radius 1 is 1.30 bits per heavy atom. The van der Waals surface area contributed by atoms with Crippen LogP contribution >= 0.6 is 27.7 Å². The van der Waals surface area contributed by atoms with Crippen molar-refractivity contribution in [3.8, 4) is 5.75 Å². The summed E-state index contributed by atoms with van der Waals surface area (Å²) in [5.41, 5.74) is 2.22. The van der Waals surface area contributed by atoms with Gasteiger partial charge in [0.25, 0.3) is 5.91 Å². The quantitative estimate of drug-likeness (QED) is 0.473. The summed E-state index contributed by atoms with van der Waals surface area (Å²) in [7, 11) is 0. The molecule has 7 nitrogen and oxygen atoms in total. The number of carbonyl (C=O) groups excluding carboxylic acids is 1. The maximum atomic E-state index is 12.5. The SMILES string of the molecule is O=C(CC1CSc2cc(Br)cc3[nH]c(=O)c(=O)n1c23)NOc1ccccc1. The predicted molar refractivity (Wildman–Crippen MR) is 106 cm³/mol. The fraction of sp³-hybridized carbons (Fsp3) is 0.167. The van der Waals surface area contributed by atoms with Crippen molar-refractivity contribution in [2.45, 2.75) is 17.4 Å². The van der Waals surface area contributed by atoms with Gasteiger partial charge >= 0.3 is 11.1 Å². The zero-order chi connectivity index (χ0) is 19.0. The van der Waals surface area contributed by atoms with E-state index in [1.54, 1.807) is 42.1 Å². The van der Waals surface area contributed by atoms with Crippen molar-refractivity contribution in [3.05, 3.63) is 67.6 Å². The lowest BCUT2D eigenvalue weighted by molar-refractivity contribution is -0.128. The molecule has 3 aromatic rings. The fourth-order valence-corrected chi connectivity index (χ4v) is 4.84. The van der Waals surface area contributed by atoms with Gasteiger partial charge in [0.05, 0.1) is 23.5 Å². The molecule has 9 heteroatoms. The van der Waals surface area contributed by atoms with Crippen molar-refractivity contribution < 1.29 is 9.63 Å². The van der Waals surface area contributed by atoms with Crippen LogP contribution in [0.5, 0.6) is 5.75 Å². The number of aromatic amines is 1. The Kier molecular flexibility index (Phi) is 4.79. The van der Waals surface area contributed by atoms with Crippen molar-refractivity contribution in [1.82, 2.24) is 15.0 Å². The number of H-pyrrole nitrogens is 1. The van der Waals surface area contributed by atoms with E-state index in [4.69, 9.17) is 4.84 Å². The maximum Gasteiger partial charge on any atom is 0.317 e. The molecule has 4 rings (SSSR count). The third-order valence-corrected chi connectivity index (χ3v) is 5.82. The molecule has 0 saturated heterocycles. The second kappa shape index (κ2) is 7.24. The van der Waals surface area contributed by atoms with Crippen LogP contribution in [0.3, 0.4) is 0 Å². The molecule has 2 N–H and O–H groups in total. The van der Waals surface area contributed by atoms with E-state index < -0.39 is 17.2 Å². The Balaban J connectivity index is 1.63. The van der Waals surface area contributed by atoms with Gasteiger partial charge in [0, 0.05) is 15.1 Å². The van der Waals surface area contributed by atoms with Crippen LogP contribution < -0.4 is 21.4 Å². The van der Waals surface area contributed by atoms with Gasteiger partial charge in [0.2, 0.25) is 0 Å². The van der Waals surface area contributed by atoms with Crippen LogP contribution in [0, 0.1) is 0 Å². The minimum absolute atomic E-state index is 0.0216. The molecule has 0 bridgehead atoms. The zero-order valence-corrected chi connectivity index (χ0v) is 16.3. The number of para-hydroxylation sites is 1. The van der Waals surface area contributed by atoms with E-state index in [9.17, 15) is 14.4 Å². The van der Waals surface area contributed by atoms with Crippen molar-refractivity contribution in [2.24, 2.45) is 0 Å². The second-order valence-electron chi connectivity index (χ2n) is 6.04. The van der Waals surface area contributed by atoms with Crippen LogP contribution in [0.25, 0.3) is 11.0 Å². The number of hydrogen-bond acceptors (Lipinski definition) is 5. The molecule has 2 heterocycles. The first kappa shape index (κ1) is 17.9. The molecule has 0 saturated carbocycles. The number of nitrogens with zero attached hydrogens (tertiary/aromatic N) is 1. The van der Waals surface area contributed by atoms with E-state index >= 15 is 0 Å². The Hall–Kier alpha value is -2.52. The highest BCUT2D eigenvalue weighted by Gasteiger charge is 2.27.